The van der Waals surface area contributed by atoms with E-state index >= 15 is 0 Å². The zero-order valence-corrected chi connectivity index (χ0v) is 14.0. The predicted molar refractivity (Wildman–Crippen MR) is 94.0 cm³/mol. The lowest BCUT2D eigenvalue weighted by molar-refractivity contribution is 0.0949. The van der Waals surface area contributed by atoms with Crippen molar-refractivity contribution in [3.8, 4) is 0 Å². The van der Waals surface area contributed by atoms with Gasteiger partial charge in [0.05, 0.1) is 5.39 Å². The lowest BCUT2D eigenvalue weighted by Crippen LogP contribution is -2.29. The molecule has 0 bridgehead atoms. The third-order valence-corrected chi connectivity index (χ3v) is 4.01. The van der Waals surface area contributed by atoms with Crippen LogP contribution >= 0.6 is 0 Å². The fourth-order valence-electron chi connectivity index (χ4n) is 2.64. The number of carbonyl (C=O) groups excluding carboxylic acids is 1. The van der Waals surface area contributed by atoms with Gasteiger partial charge in [-0.1, -0.05) is 12.1 Å². The Morgan fingerprint density at radius 1 is 1.20 bits per heavy atom. The molecule has 1 aromatic carbocycles. The number of hydrogen-bond donors (Lipinski definition) is 1. The van der Waals surface area contributed by atoms with Gasteiger partial charge in [0.25, 0.3) is 5.91 Å². The number of pyridine rings is 2. The Morgan fingerprint density at radius 2 is 1.92 bits per heavy atom. The van der Waals surface area contributed by atoms with Crippen molar-refractivity contribution in [3.63, 3.8) is 0 Å². The second-order valence-corrected chi connectivity index (χ2v) is 5.79. The predicted octanol–water partition coefficient (Wildman–Crippen LogP) is 2.79. The number of nitrogens with one attached hydrogen (secondary N) is 1. The van der Waals surface area contributed by atoms with Crippen molar-refractivity contribution in [1.29, 1.82) is 0 Å². The minimum atomic E-state index is -0.459. The van der Waals surface area contributed by atoms with Crippen molar-refractivity contribution in [2.24, 2.45) is 0 Å². The lowest BCUT2D eigenvalue weighted by Gasteiger charge is -2.11. The molecule has 0 aliphatic rings. The first-order valence-electron chi connectivity index (χ1n) is 8.03. The zero-order chi connectivity index (χ0) is 18.0. The van der Waals surface area contributed by atoms with Crippen molar-refractivity contribution in [2.45, 2.75) is 26.9 Å². The number of aromatic nitrogens is 2. The average Bonchev–Trinajstić information content (AvgIpc) is 2.61. The van der Waals surface area contributed by atoms with Crippen LogP contribution in [0, 0.1) is 12.7 Å². The van der Waals surface area contributed by atoms with E-state index in [1.54, 1.807) is 28.8 Å². The molecule has 0 saturated carbocycles. The Bertz CT molecular complexity index is 994. The third-order valence-electron chi connectivity index (χ3n) is 4.01. The molecule has 0 spiro atoms. The molecule has 3 aromatic rings. The average molecular weight is 339 g/mol. The molecule has 0 saturated heterocycles. The van der Waals surface area contributed by atoms with Gasteiger partial charge in [-0.15, -0.1) is 0 Å². The summed E-state index contributed by atoms with van der Waals surface area (Å²) in [5.41, 5.74) is 1.86. The van der Waals surface area contributed by atoms with Gasteiger partial charge in [-0.25, -0.2) is 9.37 Å². The Morgan fingerprint density at radius 3 is 2.60 bits per heavy atom. The summed E-state index contributed by atoms with van der Waals surface area (Å²) in [6, 6.07) is 9.29. The molecule has 1 amide bonds. The topological polar surface area (TPSA) is 64.0 Å². The molecule has 0 aliphatic heterocycles. The van der Waals surface area contributed by atoms with E-state index in [0.717, 1.165) is 11.3 Å². The SMILES string of the molecule is CCn1cc(C(=O)NCc2ccc(F)cc2)c(=O)c2ccc(C)nc21. The van der Waals surface area contributed by atoms with Gasteiger partial charge in [0, 0.05) is 25.0 Å². The minimum Gasteiger partial charge on any atom is -0.348 e. The van der Waals surface area contributed by atoms with Gasteiger partial charge >= 0.3 is 0 Å². The highest BCUT2D eigenvalue weighted by Crippen LogP contribution is 2.11. The summed E-state index contributed by atoms with van der Waals surface area (Å²) in [4.78, 5) is 29.5. The molecule has 0 unspecified atom stereocenters. The van der Waals surface area contributed by atoms with E-state index in [1.807, 2.05) is 13.8 Å². The van der Waals surface area contributed by atoms with Crippen LogP contribution in [-0.4, -0.2) is 15.5 Å². The van der Waals surface area contributed by atoms with Gasteiger partial charge in [-0.3, -0.25) is 9.59 Å². The molecule has 0 fully saturated rings. The summed E-state index contributed by atoms with van der Waals surface area (Å²) in [6.07, 6.45) is 1.54. The van der Waals surface area contributed by atoms with Crippen LogP contribution in [0.1, 0.15) is 28.5 Å². The van der Waals surface area contributed by atoms with Gasteiger partial charge in [-0.2, -0.15) is 0 Å². The summed E-state index contributed by atoms with van der Waals surface area (Å²) in [5, 5.41) is 3.13. The van der Waals surface area contributed by atoms with E-state index in [2.05, 4.69) is 10.3 Å². The molecule has 2 aromatic heterocycles. The van der Waals surface area contributed by atoms with Crippen molar-refractivity contribution >= 4 is 16.9 Å². The van der Waals surface area contributed by atoms with E-state index in [9.17, 15) is 14.0 Å². The van der Waals surface area contributed by atoms with E-state index in [1.165, 1.54) is 18.3 Å². The molecule has 25 heavy (non-hydrogen) atoms. The fourth-order valence-corrected chi connectivity index (χ4v) is 2.64. The molecule has 1 N–H and O–H groups in total. The number of hydrogen-bond acceptors (Lipinski definition) is 3. The molecule has 0 atom stereocenters. The summed E-state index contributed by atoms with van der Waals surface area (Å²) >= 11 is 0. The molecule has 128 valence electrons. The monoisotopic (exact) mass is 339 g/mol. The largest absolute Gasteiger partial charge is 0.348 e. The first-order valence-corrected chi connectivity index (χ1v) is 8.03. The fraction of sp³-hybridized carbons (Fsp3) is 0.211. The van der Waals surface area contributed by atoms with Crippen LogP contribution in [0.15, 0.2) is 47.4 Å². The minimum absolute atomic E-state index is 0.0714. The van der Waals surface area contributed by atoms with Gasteiger partial charge in [-0.05, 0) is 43.7 Å². The summed E-state index contributed by atoms with van der Waals surface area (Å²) < 4.78 is 14.7. The number of halogens is 1. The van der Waals surface area contributed by atoms with Gasteiger partial charge in [0.1, 0.15) is 17.0 Å². The number of amides is 1. The van der Waals surface area contributed by atoms with Crippen molar-refractivity contribution in [2.75, 3.05) is 0 Å². The molecule has 0 aliphatic carbocycles. The summed E-state index contributed by atoms with van der Waals surface area (Å²) in [7, 11) is 0. The third kappa shape index (κ3) is 3.42. The number of rotatable bonds is 4. The number of nitrogens with zero attached hydrogens (tertiary/aromatic N) is 2. The van der Waals surface area contributed by atoms with Crippen LogP contribution < -0.4 is 10.7 Å². The van der Waals surface area contributed by atoms with Crippen LogP contribution in [0.4, 0.5) is 4.39 Å². The van der Waals surface area contributed by atoms with Crippen LogP contribution in [0.2, 0.25) is 0 Å². The van der Waals surface area contributed by atoms with E-state index in [-0.39, 0.29) is 23.4 Å². The molecule has 2 heterocycles. The summed E-state index contributed by atoms with van der Waals surface area (Å²) in [6.45, 7) is 4.59. The number of carbonyl (C=O) groups is 1. The van der Waals surface area contributed by atoms with E-state index < -0.39 is 5.91 Å². The second-order valence-electron chi connectivity index (χ2n) is 5.79. The maximum atomic E-state index is 12.9. The Kier molecular flexibility index (Phi) is 4.61. The molecule has 0 radical (unpaired) electrons. The molecular weight excluding hydrogens is 321 g/mol. The first kappa shape index (κ1) is 16.8. The Hall–Kier alpha value is -3.02. The Balaban J connectivity index is 1.93. The highest BCUT2D eigenvalue weighted by Gasteiger charge is 2.15. The van der Waals surface area contributed by atoms with Gasteiger partial charge in [0.2, 0.25) is 5.43 Å². The zero-order valence-electron chi connectivity index (χ0n) is 14.0. The Labute approximate surface area is 144 Å². The van der Waals surface area contributed by atoms with Crippen molar-refractivity contribution in [1.82, 2.24) is 14.9 Å². The van der Waals surface area contributed by atoms with Crippen molar-refractivity contribution in [3.05, 3.63) is 75.5 Å². The lowest BCUT2D eigenvalue weighted by atomic mass is 10.1. The number of fused-ring (bicyclic) bond motifs is 1. The quantitative estimate of drug-likeness (QED) is 0.795. The highest BCUT2D eigenvalue weighted by atomic mass is 19.1. The normalized spacial score (nSPS) is 10.8. The molecule has 3 rings (SSSR count). The van der Waals surface area contributed by atoms with Crippen LogP contribution in [-0.2, 0) is 13.1 Å². The number of aryl methyl sites for hydroxylation is 2. The summed E-state index contributed by atoms with van der Waals surface area (Å²) in [5.74, 6) is -0.794. The first-order chi connectivity index (χ1) is 12.0. The smallest absolute Gasteiger partial charge is 0.257 e. The number of benzene rings is 1. The molecular formula is C19H18FN3O2. The maximum absolute atomic E-state index is 12.9. The molecule has 6 heteroatoms. The van der Waals surface area contributed by atoms with Gasteiger partial charge in [0.15, 0.2) is 0 Å². The van der Waals surface area contributed by atoms with Crippen LogP contribution in [0.25, 0.3) is 11.0 Å². The van der Waals surface area contributed by atoms with Crippen LogP contribution in [0.5, 0.6) is 0 Å². The van der Waals surface area contributed by atoms with Gasteiger partial charge < -0.3 is 9.88 Å². The van der Waals surface area contributed by atoms with Crippen LogP contribution in [0.3, 0.4) is 0 Å². The van der Waals surface area contributed by atoms with Crippen molar-refractivity contribution < 1.29 is 9.18 Å². The highest BCUT2D eigenvalue weighted by molar-refractivity contribution is 5.96. The maximum Gasteiger partial charge on any atom is 0.257 e. The van der Waals surface area contributed by atoms with E-state index in [4.69, 9.17) is 0 Å². The standard InChI is InChI=1S/C19H18FN3O2/c1-3-23-11-16(17(24)15-9-4-12(2)22-18(15)23)19(25)21-10-13-5-7-14(20)8-6-13/h4-9,11H,3,10H2,1-2H3,(H,21,25). The molecule has 5 nitrogen and oxygen atoms in total. The van der Waals surface area contributed by atoms with E-state index in [0.29, 0.717) is 17.6 Å². The second kappa shape index (κ2) is 6.84.